The summed E-state index contributed by atoms with van der Waals surface area (Å²) < 4.78 is 32.7. The number of hydrogen-bond acceptors (Lipinski definition) is 5. The molecule has 0 atom stereocenters. The minimum atomic E-state index is -3.56. The Balaban J connectivity index is 1.63. The molecule has 142 valence electrons. The quantitative estimate of drug-likeness (QED) is 0.651. The number of aryl methyl sites for hydroxylation is 2. The Kier molecular flexibility index (Phi) is 5.57. The molecule has 8 heteroatoms. The van der Waals surface area contributed by atoms with Crippen molar-refractivity contribution < 1.29 is 13.2 Å². The van der Waals surface area contributed by atoms with Crippen LogP contribution in [-0.2, 0) is 16.4 Å². The summed E-state index contributed by atoms with van der Waals surface area (Å²) >= 11 is 0. The predicted molar refractivity (Wildman–Crippen MR) is 103 cm³/mol. The normalized spacial score (nSPS) is 11.5. The van der Waals surface area contributed by atoms with Crippen LogP contribution in [0.15, 0.2) is 47.4 Å². The fraction of sp³-hybridized carbons (Fsp3) is 0.263. The summed E-state index contributed by atoms with van der Waals surface area (Å²) in [6.45, 7) is 3.95. The number of nitrogens with one attached hydrogen (secondary N) is 2. The van der Waals surface area contributed by atoms with Crippen molar-refractivity contribution >= 4 is 10.0 Å². The lowest BCUT2D eigenvalue weighted by Crippen LogP contribution is -2.26. The molecule has 1 heterocycles. The zero-order valence-electron chi connectivity index (χ0n) is 15.5. The zero-order chi connectivity index (χ0) is 19.4. The monoisotopic (exact) mass is 386 g/mol. The Bertz CT molecular complexity index is 1030. The number of aromatic nitrogens is 3. The van der Waals surface area contributed by atoms with E-state index in [0.717, 1.165) is 22.4 Å². The molecule has 3 aromatic rings. The van der Waals surface area contributed by atoms with Gasteiger partial charge in [0.05, 0.1) is 12.0 Å². The van der Waals surface area contributed by atoms with Crippen molar-refractivity contribution in [1.29, 1.82) is 0 Å². The maximum absolute atomic E-state index is 12.5. The van der Waals surface area contributed by atoms with Crippen molar-refractivity contribution in [3.05, 3.63) is 59.4 Å². The summed E-state index contributed by atoms with van der Waals surface area (Å²) in [5.41, 5.74) is 2.61. The van der Waals surface area contributed by atoms with Gasteiger partial charge in [-0.1, -0.05) is 17.7 Å². The van der Waals surface area contributed by atoms with Gasteiger partial charge in [0, 0.05) is 18.5 Å². The lowest BCUT2D eigenvalue weighted by Gasteiger charge is -2.09. The zero-order valence-corrected chi connectivity index (χ0v) is 16.3. The minimum Gasteiger partial charge on any atom is -0.497 e. The third kappa shape index (κ3) is 4.53. The van der Waals surface area contributed by atoms with Crippen LogP contribution in [-0.4, -0.2) is 37.3 Å². The van der Waals surface area contributed by atoms with Gasteiger partial charge in [0.15, 0.2) is 5.82 Å². The second kappa shape index (κ2) is 7.89. The average molecular weight is 386 g/mol. The number of nitrogens with zero attached hydrogens (tertiary/aromatic N) is 2. The number of hydrogen-bond donors (Lipinski definition) is 2. The predicted octanol–water partition coefficient (Wildman–Crippen LogP) is 2.62. The van der Waals surface area contributed by atoms with Crippen molar-refractivity contribution in [2.75, 3.05) is 13.7 Å². The lowest BCUT2D eigenvalue weighted by atomic mass is 10.2. The first-order chi connectivity index (χ1) is 12.9. The van der Waals surface area contributed by atoms with Crippen molar-refractivity contribution in [2.45, 2.75) is 25.2 Å². The van der Waals surface area contributed by atoms with Crippen molar-refractivity contribution in [2.24, 2.45) is 0 Å². The molecule has 3 rings (SSSR count). The van der Waals surface area contributed by atoms with Crippen molar-refractivity contribution in [1.82, 2.24) is 19.9 Å². The number of rotatable bonds is 7. The first kappa shape index (κ1) is 19.1. The van der Waals surface area contributed by atoms with E-state index in [-0.39, 0.29) is 6.54 Å². The number of sulfonamides is 1. The molecule has 0 radical (unpaired) electrons. The lowest BCUT2D eigenvalue weighted by molar-refractivity contribution is 0.415. The third-order valence-corrected chi connectivity index (χ3v) is 5.78. The molecule has 0 spiro atoms. The van der Waals surface area contributed by atoms with Gasteiger partial charge in [0.25, 0.3) is 0 Å². The van der Waals surface area contributed by atoms with E-state index in [1.54, 1.807) is 26.2 Å². The molecule has 0 fully saturated rings. The molecule has 1 aromatic heterocycles. The second-order valence-electron chi connectivity index (χ2n) is 6.25. The first-order valence-electron chi connectivity index (χ1n) is 8.51. The fourth-order valence-electron chi connectivity index (χ4n) is 2.76. The van der Waals surface area contributed by atoms with Crippen LogP contribution in [0.5, 0.6) is 5.75 Å². The molecule has 0 unspecified atom stereocenters. The Hall–Kier alpha value is -2.71. The highest BCUT2D eigenvalue weighted by Gasteiger charge is 2.16. The Morgan fingerprint density at radius 2 is 1.85 bits per heavy atom. The summed E-state index contributed by atoms with van der Waals surface area (Å²) in [5.74, 6) is 1.93. The number of benzene rings is 2. The highest BCUT2D eigenvalue weighted by atomic mass is 32.2. The van der Waals surface area contributed by atoms with E-state index in [1.807, 2.05) is 37.3 Å². The van der Waals surface area contributed by atoms with E-state index < -0.39 is 10.0 Å². The maximum Gasteiger partial charge on any atom is 0.240 e. The smallest absolute Gasteiger partial charge is 0.240 e. The van der Waals surface area contributed by atoms with Crippen LogP contribution in [0.3, 0.4) is 0 Å². The molecule has 0 saturated heterocycles. The summed E-state index contributed by atoms with van der Waals surface area (Å²) in [5, 5.41) is 7.04. The second-order valence-corrected chi connectivity index (χ2v) is 7.99. The maximum atomic E-state index is 12.5. The van der Waals surface area contributed by atoms with E-state index in [2.05, 4.69) is 19.9 Å². The van der Waals surface area contributed by atoms with E-state index >= 15 is 0 Å². The highest BCUT2D eigenvalue weighted by Crippen LogP contribution is 2.19. The number of ether oxygens (including phenoxy) is 1. The molecule has 2 aromatic carbocycles. The molecule has 0 aliphatic rings. The molecule has 0 amide bonds. The average Bonchev–Trinajstić information content (AvgIpc) is 3.10. The van der Waals surface area contributed by atoms with Crippen LogP contribution in [0.4, 0.5) is 0 Å². The number of methoxy groups -OCH3 is 1. The summed E-state index contributed by atoms with van der Waals surface area (Å²) in [7, 11) is -1.95. The van der Waals surface area contributed by atoms with Crippen LogP contribution < -0.4 is 9.46 Å². The number of H-pyrrole nitrogens is 1. The van der Waals surface area contributed by atoms with E-state index in [4.69, 9.17) is 4.74 Å². The van der Waals surface area contributed by atoms with Crippen LogP contribution >= 0.6 is 0 Å². The van der Waals surface area contributed by atoms with E-state index in [9.17, 15) is 8.42 Å². The standard InChI is InChI=1S/C19H22N4O3S/c1-13-4-9-17(14(2)12-13)27(24,25)20-11-10-18-21-19(23-22-18)15-5-7-16(26-3)8-6-15/h4-9,12,20H,10-11H2,1-3H3,(H,21,22,23). The first-order valence-corrected chi connectivity index (χ1v) is 10.00. The molecule has 7 nitrogen and oxygen atoms in total. The van der Waals surface area contributed by atoms with Gasteiger partial charge in [-0.05, 0) is 49.7 Å². The van der Waals surface area contributed by atoms with Crippen LogP contribution in [0.1, 0.15) is 17.0 Å². The molecule has 0 aliphatic carbocycles. The molecule has 0 saturated carbocycles. The van der Waals surface area contributed by atoms with Gasteiger partial charge < -0.3 is 4.74 Å². The van der Waals surface area contributed by atoms with Gasteiger partial charge in [-0.25, -0.2) is 18.1 Å². The Morgan fingerprint density at radius 3 is 2.52 bits per heavy atom. The Labute approximate surface area is 158 Å². The summed E-state index contributed by atoms with van der Waals surface area (Å²) in [6.07, 6.45) is 0.410. The fourth-order valence-corrected chi connectivity index (χ4v) is 4.01. The van der Waals surface area contributed by atoms with Crippen molar-refractivity contribution in [3.8, 4) is 17.1 Å². The van der Waals surface area contributed by atoms with E-state index in [0.29, 0.717) is 23.0 Å². The third-order valence-electron chi connectivity index (χ3n) is 4.15. The largest absolute Gasteiger partial charge is 0.497 e. The molecule has 0 aliphatic heterocycles. The van der Waals surface area contributed by atoms with Gasteiger partial charge in [-0.15, -0.1) is 0 Å². The van der Waals surface area contributed by atoms with Crippen LogP contribution in [0.25, 0.3) is 11.4 Å². The Morgan fingerprint density at radius 1 is 1.11 bits per heavy atom. The molecular weight excluding hydrogens is 364 g/mol. The molecule has 27 heavy (non-hydrogen) atoms. The van der Waals surface area contributed by atoms with Crippen molar-refractivity contribution in [3.63, 3.8) is 0 Å². The summed E-state index contributed by atoms with van der Waals surface area (Å²) in [6, 6.07) is 12.7. The topological polar surface area (TPSA) is 97.0 Å². The van der Waals surface area contributed by atoms with Gasteiger partial charge in [0.1, 0.15) is 11.6 Å². The van der Waals surface area contributed by atoms with E-state index in [1.165, 1.54) is 0 Å². The van der Waals surface area contributed by atoms with Gasteiger partial charge in [-0.2, -0.15) is 5.10 Å². The minimum absolute atomic E-state index is 0.229. The summed E-state index contributed by atoms with van der Waals surface area (Å²) in [4.78, 5) is 4.71. The van der Waals surface area contributed by atoms with Crippen LogP contribution in [0.2, 0.25) is 0 Å². The number of aromatic amines is 1. The molecule has 0 bridgehead atoms. The van der Waals surface area contributed by atoms with Gasteiger partial charge in [-0.3, -0.25) is 5.10 Å². The molecule has 2 N–H and O–H groups in total. The van der Waals surface area contributed by atoms with Gasteiger partial charge >= 0.3 is 0 Å². The SMILES string of the molecule is COc1ccc(-c2n[nH]c(CCNS(=O)(=O)c3ccc(C)cc3C)n2)cc1. The van der Waals surface area contributed by atoms with Crippen LogP contribution in [0, 0.1) is 13.8 Å². The molecular formula is C19H22N4O3S. The van der Waals surface area contributed by atoms with Gasteiger partial charge in [0.2, 0.25) is 10.0 Å². The highest BCUT2D eigenvalue weighted by molar-refractivity contribution is 7.89.